The molecule has 0 atom stereocenters. The molecule has 2 aromatic rings. The second-order valence-electron chi connectivity index (χ2n) is 5.27. The van der Waals surface area contributed by atoms with Crippen molar-refractivity contribution in [2.24, 2.45) is 5.73 Å². The molecule has 0 spiro atoms. The first-order valence-corrected chi connectivity index (χ1v) is 7.67. The van der Waals surface area contributed by atoms with E-state index < -0.39 is 12.2 Å². The average molecular weight is 343 g/mol. The monoisotopic (exact) mass is 343 g/mol. The zero-order valence-corrected chi connectivity index (χ0v) is 14.1. The SMILES string of the molecule is COC(=O)Nc1ccc(C(CN)c2ccc(NC(=O)OC)cc2)cc1. The smallest absolute Gasteiger partial charge is 0.411 e. The molecule has 0 aliphatic rings. The molecule has 0 aliphatic heterocycles. The van der Waals surface area contributed by atoms with Gasteiger partial charge in [-0.3, -0.25) is 10.6 Å². The molecule has 132 valence electrons. The Morgan fingerprint density at radius 2 is 1.20 bits per heavy atom. The number of rotatable bonds is 5. The lowest BCUT2D eigenvalue weighted by Gasteiger charge is -2.17. The van der Waals surface area contributed by atoms with Gasteiger partial charge in [0.2, 0.25) is 0 Å². The van der Waals surface area contributed by atoms with Crippen LogP contribution in [0.4, 0.5) is 21.0 Å². The number of nitrogens with two attached hydrogens (primary N) is 1. The molecule has 4 N–H and O–H groups in total. The Labute approximate surface area is 146 Å². The molecule has 0 aromatic heterocycles. The fourth-order valence-corrected chi connectivity index (χ4v) is 2.40. The van der Waals surface area contributed by atoms with Gasteiger partial charge in [0.1, 0.15) is 0 Å². The zero-order valence-electron chi connectivity index (χ0n) is 14.1. The number of ether oxygens (including phenoxy) is 2. The largest absolute Gasteiger partial charge is 0.453 e. The van der Waals surface area contributed by atoms with Gasteiger partial charge in [0.25, 0.3) is 0 Å². The molecule has 2 rings (SSSR count). The predicted molar refractivity (Wildman–Crippen MR) is 95.8 cm³/mol. The van der Waals surface area contributed by atoms with Crippen molar-refractivity contribution in [1.29, 1.82) is 0 Å². The van der Waals surface area contributed by atoms with Crippen LogP contribution in [-0.2, 0) is 9.47 Å². The number of methoxy groups -OCH3 is 2. The summed E-state index contributed by atoms with van der Waals surface area (Å²) in [7, 11) is 2.62. The van der Waals surface area contributed by atoms with Crippen LogP contribution in [-0.4, -0.2) is 33.0 Å². The minimum absolute atomic E-state index is 0.000599. The molecule has 0 fully saturated rings. The number of carbonyl (C=O) groups excluding carboxylic acids is 2. The molecule has 25 heavy (non-hydrogen) atoms. The number of hydrogen-bond donors (Lipinski definition) is 3. The summed E-state index contributed by atoms with van der Waals surface area (Å²) in [6.07, 6.45) is -1.03. The van der Waals surface area contributed by atoms with Crippen LogP contribution in [0.1, 0.15) is 17.0 Å². The van der Waals surface area contributed by atoms with Gasteiger partial charge in [-0.15, -0.1) is 0 Å². The summed E-state index contributed by atoms with van der Waals surface area (Å²) in [5.74, 6) is -0.000599. The number of nitrogens with one attached hydrogen (secondary N) is 2. The number of benzene rings is 2. The summed E-state index contributed by atoms with van der Waals surface area (Å²) in [5.41, 5.74) is 9.26. The van der Waals surface area contributed by atoms with Crippen molar-refractivity contribution in [3.05, 3.63) is 59.7 Å². The minimum atomic E-state index is -0.517. The number of amides is 2. The lowest BCUT2D eigenvalue weighted by Crippen LogP contribution is -2.15. The summed E-state index contributed by atoms with van der Waals surface area (Å²) in [6, 6.07) is 14.8. The van der Waals surface area contributed by atoms with Gasteiger partial charge in [-0.2, -0.15) is 0 Å². The van der Waals surface area contributed by atoms with E-state index in [9.17, 15) is 9.59 Å². The molecule has 2 amide bonds. The fraction of sp³-hybridized carbons (Fsp3) is 0.222. The first-order valence-electron chi connectivity index (χ1n) is 7.67. The summed E-state index contributed by atoms with van der Waals surface area (Å²) >= 11 is 0. The third-order valence-electron chi connectivity index (χ3n) is 3.73. The highest BCUT2D eigenvalue weighted by atomic mass is 16.5. The first-order chi connectivity index (χ1) is 12.1. The molecule has 0 radical (unpaired) electrons. The van der Waals surface area contributed by atoms with E-state index in [0.717, 1.165) is 11.1 Å². The minimum Gasteiger partial charge on any atom is -0.453 e. The maximum absolute atomic E-state index is 11.2. The lowest BCUT2D eigenvalue weighted by atomic mass is 9.91. The highest BCUT2D eigenvalue weighted by Gasteiger charge is 2.13. The normalized spacial score (nSPS) is 10.2. The van der Waals surface area contributed by atoms with Crippen molar-refractivity contribution >= 4 is 23.6 Å². The Morgan fingerprint density at radius 3 is 1.48 bits per heavy atom. The highest BCUT2D eigenvalue weighted by Crippen LogP contribution is 2.26. The highest BCUT2D eigenvalue weighted by molar-refractivity contribution is 5.85. The van der Waals surface area contributed by atoms with Crippen LogP contribution in [0.5, 0.6) is 0 Å². The van der Waals surface area contributed by atoms with Crippen LogP contribution in [0.3, 0.4) is 0 Å². The Hall–Kier alpha value is -3.06. The topological polar surface area (TPSA) is 103 Å². The quantitative estimate of drug-likeness (QED) is 0.774. The maximum atomic E-state index is 11.2. The Kier molecular flexibility index (Phi) is 6.36. The zero-order chi connectivity index (χ0) is 18.2. The van der Waals surface area contributed by atoms with Crippen LogP contribution < -0.4 is 16.4 Å². The molecule has 0 saturated heterocycles. The Balaban J connectivity index is 2.13. The number of carbonyl (C=O) groups is 2. The summed E-state index contributed by atoms with van der Waals surface area (Å²) in [6.45, 7) is 0.424. The van der Waals surface area contributed by atoms with E-state index >= 15 is 0 Å². The van der Waals surface area contributed by atoms with Crippen LogP contribution in [0.25, 0.3) is 0 Å². The van der Waals surface area contributed by atoms with E-state index in [4.69, 9.17) is 5.73 Å². The van der Waals surface area contributed by atoms with Crippen molar-refractivity contribution in [2.45, 2.75) is 5.92 Å². The Bertz CT molecular complexity index is 653. The van der Waals surface area contributed by atoms with Crippen molar-refractivity contribution in [3.63, 3.8) is 0 Å². The van der Waals surface area contributed by atoms with Crippen LogP contribution >= 0.6 is 0 Å². The van der Waals surface area contributed by atoms with Crippen molar-refractivity contribution in [3.8, 4) is 0 Å². The number of anilines is 2. The average Bonchev–Trinajstić information content (AvgIpc) is 2.64. The molecule has 7 nitrogen and oxygen atoms in total. The fourth-order valence-electron chi connectivity index (χ4n) is 2.40. The summed E-state index contributed by atoms with van der Waals surface area (Å²) < 4.78 is 9.12. The summed E-state index contributed by atoms with van der Waals surface area (Å²) in [4.78, 5) is 22.4. The Morgan fingerprint density at radius 1 is 0.840 bits per heavy atom. The summed E-state index contributed by atoms with van der Waals surface area (Å²) in [5, 5.41) is 5.20. The molecule has 2 aromatic carbocycles. The van der Waals surface area contributed by atoms with Gasteiger partial charge >= 0.3 is 12.2 Å². The molecule has 0 unspecified atom stereocenters. The predicted octanol–water partition coefficient (Wildman–Crippen LogP) is 3.13. The number of hydrogen-bond acceptors (Lipinski definition) is 5. The van der Waals surface area contributed by atoms with E-state index in [1.165, 1.54) is 14.2 Å². The van der Waals surface area contributed by atoms with E-state index in [0.29, 0.717) is 17.9 Å². The van der Waals surface area contributed by atoms with Gasteiger partial charge < -0.3 is 15.2 Å². The lowest BCUT2D eigenvalue weighted by molar-refractivity contribution is 0.186. The second kappa shape index (κ2) is 8.70. The molecule has 7 heteroatoms. The van der Waals surface area contributed by atoms with Crippen LogP contribution in [0.2, 0.25) is 0 Å². The standard InChI is InChI=1S/C18H21N3O4/c1-24-17(22)20-14-7-3-12(4-8-14)16(11-19)13-5-9-15(10-6-13)21-18(23)25-2/h3-10,16H,11,19H2,1-2H3,(H,20,22)(H,21,23). The molecule has 0 aliphatic carbocycles. The van der Waals surface area contributed by atoms with Gasteiger partial charge in [-0.1, -0.05) is 24.3 Å². The molecular weight excluding hydrogens is 322 g/mol. The molecule has 0 heterocycles. The van der Waals surface area contributed by atoms with Gasteiger partial charge in [0.15, 0.2) is 0 Å². The third kappa shape index (κ3) is 4.95. The second-order valence-corrected chi connectivity index (χ2v) is 5.27. The third-order valence-corrected chi connectivity index (χ3v) is 3.73. The van der Waals surface area contributed by atoms with Gasteiger partial charge in [0.05, 0.1) is 14.2 Å². The van der Waals surface area contributed by atoms with E-state index in [-0.39, 0.29) is 5.92 Å². The molecule has 0 bridgehead atoms. The van der Waals surface area contributed by atoms with Crippen molar-refractivity contribution in [2.75, 3.05) is 31.4 Å². The van der Waals surface area contributed by atoms with E-state index in [2.05, 4.69) is 20.1 Å². The van der Waals surface area contributed by atoms with Crippen LogP contribution in [0, 0.1) is 0 Å². The van der Waals surface area contributed by atoms with Gasteiger partial charge in [0, 0.05) is 23.8 Å². The molecular formula is C18H21N3O4. The molecule has 0 saturated carbocycles. The van der Waals surface area contributed by atoms with Crippen molar-refractivity contribution < 1.29 is 19.1 Å². The maximum Gasteiger partial charge on any atom is 0.411 e. The van der Waals surface area contributed by atoms with Gasteiger partial charge in [-0.25, -0.2) is 9.59 Å². The van der Waals surface area contributed by atoms with E-state index in [1.807, 2.05) is 24.3 Å². The van der Waals surface area contributed by atoms with Crippen LogP contribution in [0.15, 0.2) is 48.5 Å². The van der Waals surface area contributed by atoms with Gasteiger partial charge in [-0.05, 0) is 35.4 Å². The van der Waals surface area contributed by atoms with Crippen molar-refractivity contribution in [1.82, 2.24) is 0 Å². The first kappa shape index (κ1) is 18.3. The van der Waals surface area contributed by atoms with E-state index in [1.54, 1.807) is 24.3 Å².